The number of benzene rings is 2. The molecule has 0 spiro atoms. The summed E-state index contributed by atoms with van der Waals surface area (Å²) in [5.74, 6) is -1.06. The first-order valence-electron chi connectivity index (χ1n) is 6.77. The van der Waals surface area contributed by atoms with Crippen molar-refractivity contribution in [1.82, 2.24) is 0 Å². The van der Waals surface area contributed by atoms with Gasteiger partial charge in [-0.1, -0.05) is 0 Å². The summed E-state index contributed by atoms with van der Waals surface area (Å²) in [6.45, 7) is 0. The maximum atomic E-state index is 12.6. The predicted octanol–water partition coefficient (Wildman–Crippen LogP) is 0.508. The second-order valence-electron chi connectivity index (χ2n) is 4.43. The second-order valence-corrected chi connectivity index (χ2v) is 11.1. The molecule has 0 heterocycles. The minimum atomic E-state index is -1.27. The van der Waals surface area contributed by atoms with E-state index in [0.717, 1.165) is 8.92 Å². The molecule has 2 rings (SSSR count). The first kappa shape index (κ1) is 17.8. The molecule has 0 saturated carbocycles. The van der Waals surface area contributed by atoms with Crippen LogP contribution in [-0.4, -0.2) is 56.1 Å². The molecule has 23 heavy (non-hydrogen) atoms. The van der Waals surface area contributed by atoms with E-state index in [4.69, 9.17) is 9.47 Å². The van der Waals surface area contributed by atoms with Crippen molar-refractivity contribution in [2.45, 2.75) is 3.21 Å². The van der Waals surface area contributed by atoms with Crippen LogP contribution in [0.25, 0.3) is 0 Å². The molecule has 0 atom stereocenters. The summed E-state index contributed by atoms with van der Waals surface area (Å²) >= 11 is -0.880. The molecule has 2 aromatic carbocycles. The van der Waals surface area contributed by atoms with E-state index in [1.165, 1.54) is 14.2 Å². The molecule has 0 unspecified atom stereocenters. The standard InChI is InChI=1S/C17H16O4Se2/c1-20-15(18)17(16(19)21-2,22-13-9-5-3-6-10-13)23-14-11-7-4-8-12-14/h3-12H,1-2H3. The van der Waals surface area contributed by atoms with Gasteiger partial charge in [0, 0.05) is 0 Å². The number of carbonyl (C=O) groups excluding carboxylic acids is 2. The number of ether oxygens (including phenoxy) is 2. The normalized spacial score (nSPS) is 10.9. The summed E-state index contributed by atoms with van der Waals surface area (Å²) in [7, 11) is 2.62. The first-order chi connectivity index (χ1) is 11.1. The van der Waals surface area contributed by atoms with Crippen LogP contribution in [0.5, 0.6) is 0 Å². The third kappa shape index (κ3) is 4.24. The molecule has 0 aliphatic carbocycles. The van der Waals surface area contributed by atoms with Crippen molar-refractivity contribution in [2.24, 2.45) is 0 Å². The van der Waals surface area contributed by atoms with Crippen molar-refractivity contribution in [3.05, 3.63) is 60.7 Å². The van der Waals surface area contributed by atoms with Gasteiger partial charge in [0.2, 0.25) is 0 Å². The monoisotopic (exact) mass is 444 g/mol. The zero-order valence-corrected chi connectivity index (χ0v) is 16.1. The Balaban J connectivity index is 2.46. The average Bonchev–Trinajstić information content (AvgIpc) is 2.61. The summed E-state index contributed by atoms with van der Waals surface area (Å²) < 4.78 is 10.6. The van der Waals surface area contributed by atoms with Crippen LogP contribution in [0.4, 0.5) is 0 Å². The summed E-state index contributed by atoms with van der Waals surface area (Å²) in [5.41, 5.74) is 0. The van der Waals surface area contributed by atoms with Gasteiger partial charge in [0.1, 0.15) is 0 Å². The van der Waals surface area contributed by atoms with Gasteiger partial charge in [-0.05, 0) is 0 Å². The van der Waals surface area contributed by atoms with E-state index in [1.807, 2.05) is 60.7 Å². The third-order valence-electron chi connectivity index (χ3n) is 2.92. The molecule has 4 nitrogen and oxygen atoms in total. The summed E-state index contributed by atoms with van der Waals surface area (Å²) in [6, 6.07) is 19.1. The average molecular weight is 442 g/mol. The molecule has 0 radical (unpaired) electrons. The van der Waals surface area contributed by atoms with E-state index >= 15 is 0 Å². The van der Waals surface area contributed by atoms with E-state index in [9.17, 15) is 9.59 Å². The quantitative estimate of drug-likeness (QED) is 0.372. The zero-order valence-electron chi connectivity index (χ0n) is 12.7. The van der Waals surface area contributed by atoms with E-state index in [0.29, 0.717) is 0 Å². The molecule has 0 aromatic heterocycles. The number of hydrogen-bond acceptors (Lipinski definition) is 4. The van der Waals surface area contributed by atoms with Gasteiger partial charge in [0.25, 0.3) is 0 Å². The topological polar surface area (TPSA) is 52.6 Å². The molecule has 0 aliphatic heterocycles. The van der Waals surface area contributed by atoms with Crippen LogP contribution >= 0.6 is 0 Å². The van der Waals surface area contributed by atoms with Crippen molar-refractivity contribution < 1.29 is 19.1 Å². The van der Waals surface area contributed by atoms with Crippen LogP contribution < -0.4 is 8.92 Å². The first-order valence-corrected chi connectivity index (χ1v) is 10.2. The fraction of sp³-hybridized carbons (Fsp3) is 0.176. The van der Waals surface area contributed by atoms with E-state index in [1.54, 1.807) is 0 Å². The molecule has 6 heteroatoms. The van der Waals surface area contributed by atoms with Crippen molar-refractivity contribution in [3.63, 3.8) is 0 Å². The van der Waals surface area contributed by atoms with E-state index in [-0.39, 0.29) is 0 Å². The van der Waals surface area contributed by atoms with E-state index < -0.39 is 45.1 Å². The molecule has 0 bridgehead atoms. The Morgan fingerprint density at radius 3 is 1.39 bits per heavy atom. The fourth-order valence-corrected chi connectivity index (χ4v) is 8.51. The number of methoxy groups -OCH3 is 2. The summed E-state index contributed by atoms with van der Waals surface area (Å²) in [4.78, 5) is 25.1. The summed E-state index contributed by atoms with van der Waals surface area (Å²) in [6.07, 6.45) is 0. The number of carbonyl (C=O) groups is 2. The van der Waals surface area contributed by atoms with Gasteiger partial charge in [-0.3, -0.25) is 0 Å². The Bertz CT molecular complexity index is 599. The Kier molecular flexibility index (Phi) is 6.43. The Labute approximate surface area is 147 Å². The van der Waals surface area contributed by atoms with Crippen molar-refractivity contribution in [1.29, 1.82) is 0 Å². The molecule has 0 fully saturated rings. The van der Waals surface area contributed by atoms with Crippen molar-refractivity contribution >= 4 is 50.8 Å². The fourth-order valence-electron chi connectivity index (χ4n) is 1.85. The van der Waals surface area contributed by atoms with E-state index in [2.05, 4.69) is 0 Å². The molecule has 0 N–H and O–H groups in total. The number of hydrogen-bond donors (Lipinski definition) is 0. The molecular weight excluding hydrogens is 426 g/mol. The van der Waals surface area contributed by atoms with Crippen LogP contribution in [0.15, 0.2) is 60.7 Å². The predicted molar refractivity (Wildman–Crippen MR) is 90.4 cm³/mol. The Morgan fingerprint density at radius 1 is 0.739 bits per heavy atom. The maximum absolute atomic E-state index is 12.6. The molecule has 0 aliphatic rings. The third-order valence-corrected chi connectivity index (χ3v) is 9.47. The van der Waals surface area contributed by atoms with Gasteiger partial charge in [-0.15, -0.1) is 0 Å². The van der Waals surface area contributed by atoms with Crippen LogP contribution in [0.2, 0.25) is 3.21 Å². The van der Waals surface area contributed by atoms with Gasteiger partial charge in [0.05, 0.1) is 0 Å². The van der Waals surface area contributed by atoms with Crippen LogP contribution in [-0.2, 0) is 19.1 Å². The summed E-state index contributed by atoms with van der Waals surface area (Å²) in [5, 5.41) is 0. The van der Waals surface area contributed by atoms with Gasteiger partial charge in [0.15, 0.2) is 0 Å². The second kappa shape index (κ2) is 8.32. The van der Waals surface area contributed by atoms with Crippen LogP contribution in [0, 0.1) is 0 Å². The van der Waals surface area contributed by atoms with Gasteiger partial charge >= 0.3 is 148 Å². The van der Waals surface area contributed by atoms with Gasteiger partial charge in [-0.2, -0.15) is 0 Å². The molecule has 0 saturated heterocycles. The molecule has 0 amide bonds. The Hall–Kier alpha value is -1.58. The van der Waals surface area contributed by atoms with Crippen LogP contribution in [0.1, 0.15) is 0 Å². The Morgan fingerprint density at radius 2 is 1.09 bits per heavy atom. The molecular formula is C17H16O4Se2. The van der Waals surface area contributed by atoms with Crippen LogP contribution in [0.3, 0.4) is 0 Å². The molecule has 120 valence electrons. The zero-order chi connectivity index (χ0) is 16.7. The molecule has 2 aromatic rings. The number of rotatable bonds is 6. The SMILES string of the molecule is COC(=O)C([Se]c1ccccc1)([Se]c1ccccc1)C(=O)OC. The minimum absolute atomic E-state index is 0.440. The number of esters is 2. The van der Waals surface area contributed by atoms with Gasteiger partial charge in [-0.25, -0.2) is 0 Å². The van der Waals surface area contributed by atoms with Crippen molar-refractivity contribution in [3.8, 4) is 0 Å². The van der Waals surface area contributed by atoms with Crippen molar-refractivity contribution in [2.75, 3.05) is 14.2 Å². The van der Waals surface area contributed by atoms with Gasteiger partial charge < -0.3 is 0 Å².